The van der Waals surface area contributed by atoms with Crippen molar-refractivity contribution >= 4 is 5.91 Å². The first-order valence-electron chi connectivity index (χ1n) is 11.2. The second-order valence-corrected chi connectivity index (χ2v) is 8.39. The number of ether oxygens (including phenoxy) is 3. The number of tetrazole rings is 1. The Morgan fingerprint density at radius 3 is 2.86 bits per heavy atom. The van der Waals surface area contributed by atoms with Crippen molar-refractivity contribution in [1.29, 1.82) is 0 Å². The average molecular weight is 482 g/mol. The molecule has 1 amide bonds. The molecule has 0 bridgehead atoms. The molecular formula is C23H26N6O6. The zero-order chi connectivity index (χ0) is 24.5. The molecule has 35 heavy (non-hydrogen) atoms. The van der Waals surface area contributed by atoms with Crippen LogP contribution in [0.5, 0.6) is 17.2 Å². The summed E-state index contributed by atoms with van der Waals surface area (Å²) in [7, 11) is 3.61. The molecule has 0 radical (unpaired) electrons. The van der Waals surface area contributed by atoms with Crippen LogP contribution in [0.3, 0.4) is 0 Å². The van der Waals surface area contributed by atoms with Gasteiger partial charge in [-0.05, 0) is 59.8 Å². The van der Waals surface area contributed by atoms with Crippen LogP contribution in [0.15, 0.2) is 30.3 Å². The fourth-order valence-corrected chi connectivity index (χ4v) is 4.44. The van der Waals surface area contributed by atoms with Crippen LogP contribution in [-0.2, 0) is 6.42 Å². The van der Waals surface area contributed by atoms with Crippen molar-refractivity contribution in [3.8, 4) is 22.9 Å². The molecule has 0 fully saturated rings. The Morgan fingerprint density at radius 1 is 1.31 bits per heavy atom. The summed E-state index contributed by atoms with van der Waals surface area (Å²) < 4.78 is 18.7. The van der Waals surface area contributed by atoms with Crippen molar-refractivity contribution in [2.45, 2.75) is 18.6 Å². The van der Waals surface area contributed by atoms with Gasteiger partial charge in [-0.2, -0.15) is 4.68 Å². The highest BCUT2D eigenvalue weighted by Gasteiger charge is 2.37. The Hall–Kier alpha value is -3.74. The largest absolute Gasteiger partial charge is 0.492 e. The number of carbonyl (C=O) groups is 1. The van der Waals surface area contributed by atoms with Gasteiger partial charge in [-0.3, -0.25) is 9.69 Å². The minimum absolute atomic E-state index is 0.0397. The van der Waals surface area contributed by atoms with Crippen molar-refractivity contribution in [2.24, 2.45) is 0 Å². The molecule has 3 heterocycles. The Morgan fingerprint density at radius 2 is 2.11 bits per heavy atom. The number of hydrogen-bond donors (Lipinski definition) is 3. The van der Waals surface area contributed by atoms with Crippen LogP contribution < -0.4 is 19.5 Å². The normalized spacial score (nSPS) is 17.7. The predicted octanol–water partition coefficient (Wildman–Crippen LogP) is 0.0599. The van der Waals surface area contributed by atoms with Crippen LogP contribution >= 0.6 is 0 Å². The van der Waals surface area contributed by atoms with Crippen LogP contribution in [0.4, 0.5) is 0 Å². The first-order valence-corrected chi connectivity index (χ1v) is 11.2. The van der Waals surface area contributed by atoms with Gasteiger partial charge >= 0.3 is 0 Å². The summed E-state index contributed by atoms with van der Waals surface area (Å²) in [6.45, 7) is 0.465. The number of nitrogens with zero attached hydrogens (tertiary/aromatic N) is 5. The topological polar surface area (TPSA) is 144 Å². The summed E-state index contributed by atoms with van der Waals surface area (Å²) >= 11 is 0. The highest BCUT2D eigenvalue weighted by Crippen LogP contribution is 2.50. The first-order chi connectivity index (χ1) is 17.0. The van der Waals surface area contributed by atoms with Gasteiger partial charge in [0.25, 0.3) is 5.91 Å². The number of methoxy groups -OCH3 is 1. The molecule has 184 valence electrons. The van der Waals surface area contributed by atoms with Gasteiger partial charge in [-0.1, -0.05) is 0 Å². The summed E-state index contributed by atoms with van der Waals surface area (Å²) in [5, 5.41) is 33.4. The van der Waals surface area contributed by atoms with Crippen molar-refractivity contribution in [2.75, 3.05) is 40.6 Å². The number of aliphatic hydroxyl groups excluding tert-OH is 2. The summed E-state index contributed by atoms with van der Waals surface area (Å²) in [5.74, 6) is 2.09. The molecule has 12 heteroatoms. The molecule has 2 atom stereocenters. The van der Waals surface area contributed by atoms with Gasteiger partial charge < -0.3 is 29.7 Å². The number of aliphatic hydroxyl groups is 2. The van der Waals surface area contributed by atoms with Gasteiger partial charge in [-0.25, -0.2) is 0 Å². The molecule has 0 unspecified atom stereocenters. The highest BCUT2D eigenvalue weighted by molar-refractivity contribution is 5.94. The number of nitrogens with one attached hydrogen (secondary N) is 1. The maximum Gasteiger partial charge on any atom is 0.251 e. The van der Waals surface area contributed by atoms with E-state index in [4.69, 9.17) is 19.3 Å². The number of carbonyl (C=O) groups excluding carboxylic acids is 1. The lowest BCUT2D eigenvalue weighted by Crippen LogP contribution is -2.35. The highest BCUT2D eigenvalue weighted by atomic mass is 16.7. The lowest BCUT2D eigenvalue weighted by atomic mass is 9.90. The third-order valence-corrected chi connectivity index (χ3v) is 6.22. The van der Waals surface area contributed by atoms with Gasteiger partial charge in [0.05, 0.1) is 25.5 Å². The second-order valence-electron chi connectivity index (χ2n) is 8.39. The van der Waals surface area contributed by atoms with E-state index in [1.54, 1.807) is 36.1 Å². The summed E-state index contributed by atoms with van der Waals surface area (Å²) in [5.41, 5.74) is 3.10. The van der Waals surface area contributed by atoms with E-state index in [1.165, 1.54) is 0 Å². The minimum Gasteiger partial charge on any atom is -0.492 e. The number of benzene rings is 2. The maximum atomic E-state index is 12.3. The molecule has 0 saturated carbocycles. The zero-order valence-corrected chi connectivity index (χ0v) is 19.3. The zero-order valence-electron chi connectivity index (χ0n) is 19.3. The predicted molar refractivity (Wildman–Crippen MR) is 122 cm³/mol. The van der Waals surface area contributed by atoms with Gasteiger partial charge in [0.15, 0.2) is 17.3 Å². The van der Waals surface area contributed by atoms with Crippen LogP contribution in [0.2, 0.25) is 0 Å². The standard InChI is InChI=1S/C23H26N6O6/c1-28-8-7-14-9-17-20(35-12-34-17)21(33-2)18(14)19(28)22-25-26-27-29(22)15-5-3-13(4-6-15)23(32)24-10-16(31)11-30/h3-6,9,16,19,30-31H,7-8,10-12H2,1-2H3,(H,24,32)/t16-,19-/m1/s1. The van der Waals surface area contributed by atoms with E-state index < -0.39 is 12.7 Å². The third kappa shape index (κ3) is 4.16. The van der Waals surface area contributed by atoms with Crippen molar-refractivity contribution in [1.82, 2.24) is 30.4 Å². The van der Waals surface area contributed by atoms with E-state index in [0.717, 1.165) is 24.1 Å². The maximum absolute atomic E-state index is 12.3. The number of aromatic nitrogens is 4. The molecule has 2 aliphatic heterocycles. The van der Waals surface area contributed by atoms with E-state index in [1.807, 2.05) is 13.1 Å². The van der Waals surface area contributed by atoms with Crippen LogP contribution in [0.1, 0.15) is 33.4 Å². The van der Waals surface area contributed by atoms with Crippen molar-refractivity contribution < 1.29 is 29.2 Å². The molecule has 1 aromatic heterocycles. The number of fused-ring (bicyclic) bond motifs is 2. The van der Waals surface area contributed by atoms with Gasteiger partial charge in [0.1, 0.15) is 6.04 Å². The number of hydrogen-bond acceptors (Lipinski definition) is 10. The summed E-state index contributed by atoms with van der Waals surface area (Å²) in [4.78, 5) is 14.5. The fraction of sp³-hybridized carbons (Fsp3) is 0.391. The lowest BCUT2D eigenvalue weighted by molar-refractivity contribution is 0.0802. The monoisotopic (exact) mass is 482 g/mol. The summed E-state index contributed by atoms with van der Waals surface area (Å²) in [6, 6.07) is 8.49. The minimum atomic E-state index is -1.01. The molecule has 0 aliphatic carbocycles. The molecule has 0 spiro atoms. The van der Waals surface area contributed by atoms with E-state index >= 15 is 0 Å². The Bertz CT molecular complexity index is 1230. The second kappa shape index (κ2) is 9.49. The number of rotatable bonds is 7. The quantitative estimate of drug-likeness (QED) is 0.423. The molecule has 12 nitrogen and oxygen atoms in total. The van der Waals surface area contributed by atoms with Gasteiger partial charge in [0.2, 0.25) is 12.5 Å². The van der Waals surface area contributed by atoms with E-state index in [9.17, 15) is 9.90 Å². The van der Waals surface area contributed by atoms with Gasteiger partial charge in [-0.15, -0.1) is 5.10 Å². The average Bonchev–Trinajstić information content (AvgIpc) is 3.55. The third-order valence-electron chi connectivity index (χ3n) is 6.22. The Labute approximate surface area is 201 Å². The Kier molecular flexibility index (Phi) is 6.24. The van der Waals surface area contributed by atoms with Crippen molar-refractivity contribution in [3.05, 3.63) is 52.8 Å². The molecule has 2 aromatic carbocycles. The Balaban J connectivity index is 1.48. The molecule has 3 N–H and O–H groups in total. The van der Waals surface area contributed by atoms with Crippen LogP contribution in [-0.4, -0.2) is 88.0 Å². The van der Waals surface area contributed by atoms with Crippen LogP contribution in [0.25, 0.3) is 5.69 Å². The van der Waals surface area contributed by atoms with Crippen molar-refractivity contribution in [3.63, 3.8) is 0 Å². The van der Waals surface area contributed by atoms with E-state index in [0.29, 0.717) is 34.3 Å². The molecule has 5 rings (SSSR count). The van der Waals surface area contributed by atoms with Crippen LogP contribution in [0, 0.1) is 0 Å². The molecule has 2 aliphatic rings. The molecular weight excluding hydrogens is 456 g/mol. The summed E-state index contributed by atoms with van der Waals surface area (Å²) in [6.07, 6.45) is -0.196. The lowest BCUT2D eigenvalue weighted by Gasteiger charge is -2.34. The number of likely N-dealkylation sites (N-methyl/N-ethyl adjacent to an activating group) is 1. The molecule has 0 saturated heterocycles. The van der Waals surface area contributed by atoms with E-state index in [2.05, 4.69) is 25.7 Å². The SMILES string of the molecule is COc1c2c(cc3c1[C@H](c1nnnn1-c1ccc(C(=O)NC[C@@H](O)CO)cc1)N(C)CC3)OCO2. The molecule has 3 aromatic rings. The smallest absolute Gasteiger partial charge is 0.251 e. The first kappa shape index (κ1) is 23.0. The van der Waals surface area contributed by atoms with E-state index in [-0.39, 0.29) is 25.3 Å². The fourth-order valence-electron chi connectivity index (χ4n) is 4.44. The number of amides is 1. The van der Waals surface area contributed by atoms with Gasteiger partial charge in [0, 0.05) is 24.2 Å².